The summed E-state index contributed by atoms with van der Waals surface area (Å²) in [5, 5.41) is 0. The summed E-state index contributed by atoms with van der Waals surface area (Å²) in [7, 11) is 0. The van der Waals surface area contributed by atoms with Crippen molar-refractivity contribution in [2.45, 2.75) is 20.3 Å². The zero-order chi connectivity index (χ0) is 9.68. The van der Waals surface area contributed by atoms with Crippen LogP contribution in [-0.4, -0.2) is 6.61 Å². The summed E-state index contributed by atoms with van der Waals surface area (Å²) in [5.74, 6) is 0.894. The first-order valence-electron chi connectivity index (χ1n) is 4.60. The Bertz CT molecular complexity index is 289. The van der Waals surface area contributed by atoms with Crippen molar-refractivity contribution in [3.8, 4) is 5.75 Å². The number of benzene rings is 1. The summed E-state index contributed by atoms with van der Waals surface area (Å²) in [5.41, 5.74) is 2.31. The van der Waals surface area contributed by atoms with Gasteiger partial charge in [-0.2, -0.15) is 0 Å². The van der Waals surface area contributed by atoms with Crippen LogP contribution < -0.4 is 4.74 Å². The molecule has 1 heteroatoms. The number of rotatable bonds is 4. The molecule has 0 saturated heterocycles. The van der Waals surface area contributed by atoms with Crippen LogP contribution >= 0.6 is 0 Å². The number of aryl methyl sites for hydroxylation is 1. The van der Waals surface area contributed by atoms with Crippen molar-refractivity contribution in [1.29, 1.82) is 0 Å². The monoisotopic (exact) mass is 175 g/mol. The molecule has 0 unspecified atom stereocenters. The topological polar surface area (TPSA) is 9.23 Å². The first-order chi connectivity index (χ1) is 6.31. The van der Waals surface area contributed by atoms with Crippen molar-refractivity contribution in [3.63, 3.8) is 0 Å². The predicted molar refractivity (Wildman–Crippen MR) is 55.0 cm³/mol. The van der Waals surface area contributed by atoms with E-state index in [1.54, 1.807) is 0 Å². The van der Waals surface area contributed by atoms with Crippen LogP contribution in [0.4, 0.5) is 0 Å². The second kappa shape index (κ2) is 4.70. The molecule has 0 bridgehead atoms. The number of hydrogen-bond acceptors (Lipinski definition) is 1. The molecule has 1 radical (unpaired) electrons. The average Bonchev–Trinajstić information content (AvgIpc) is 2.18. The van der Waals surface area contributed by atoms with E-state index in [0.29, 0.717) is 6.61 Å². The van der Waals surface area contributed by atoms with E-state index < -0.39 is 0 Å². The van der Waals surface area contributed by atoms with E-state index in [4.69, 9.17) is 4.74 Å². The van der Waals surface area contributed by atoms with E-state index in [2.05, 4.69) is 25.6 Å². The lowest BCUT2D eigenvalue weighted by Gasteiger charge is -2.07. The van der Waals surface area contributed by atoms with Crippen LogP contribution in [0.3, 0.4) is 0 Å². The first-order valence-corrected chi connectivity index (χ1v) is 4.60. The molecule has 69 valence electrons. The van der Waals surface area contributed by atoms with Gasteiger partial charge in [0.15, 0.2) is 0 Å². The van der Waals surface area contributed by atoms with Gasteiger partial charge in [0.05, 0.1) is 6.61 Å². The van der Waals surface area contributed by atoms with Crippen LogP contribution in [0, 0.1) is 6.08 Å². The van der Waals surface area contributed by atoms with Crippen molar-refractivity contribution in [2.75, 3.05) is 6.61 Å². The molecule has 0 fully saturated rings. The molecule has 0 aliphatic heterocycles. The summed E-state index contributed by atoms with van der Waals surface area (Å²) in [6.45, 7) is 8.46. The summed E-state index contributed by atoms with van der Waals surface area (Å²) in [6.07, 6.45) is 3.92. The van der Waals surface area contributed by atoms with Crippen molar-refractivity contribution in [1.82, 2.24) is 0 Å². The van der Waals surface area contributed by atoms with Gasteiger partial charge in [-0.15, -0.1) is 0 Å². The highest BCUT2D eigenvalue weighted by Gasteiger charge is 1.99. The number of ether oxygens (including phenoxy) is 1. The third-order valence-corrected chi connectivity index (χ3v) is 1.96. The fourth-order valence-corrected chi connectivity index (χ4v) is 1.28. The molecule has 0 amide bonds. The van der Waals surface area contributed by atoms with Crippen molar-refractivity contribution >= 4 is 0 Å². The van der Waals surface area contributed by atoms with E-state index in [1.165, 1.54) is 5.56 Å². The Morgan fingerprint density at radius 1 is 1.38 bits per heavy atom. The molecule has 0 spiro atoms. The smallest absolute Gasteiger partial charge is 0.119 e. The molecule has 0 aromatic heterocycles. The van der Waals surface area contributed by atoms with Gasteiger partial charge < -0.3 is 4.74 Å². The Balaban J connectivity index is 2.98. The standard InChI is InChI=1S/C12H15O/c1-4-10-7-8-12(13-6-3)9-11(10)5-2/h7-9H,2,4,6H2,1,3H3. The molecule has 0 aliphatic rings. The van der Waals surface area contributed by atoms with Crippen molar-refractivity contribution in [3.05, 3.63) is 42.0 Å². The van der Waals surface area contributed by atoms with Gasteiger partial charge in [0.1, 0.15) is 5.75 Å². The third kappa shape index (κ3) is 2.35. The molecule has 0 heterocycles. The van der Waals surface area contributed by atoms with Crippen molar-refractivity contribution < 1.29 is 4.74 Å². The molecule has 1 rings (SSSR count). The quantitative estimate of drug-likeness (QED) is 0.683. The van der Waals surface area contributed by atoms with Crippen LogP contribution in [0.2, 0.25) is 0 Å². The van der Waals surface area contributed by atoms with Crippen LogP contribution in [0.15, 0.2) is 24.8 Å². The van der Waals surface area contributed by atoms with E-state index in [0.717, 1.165) is 17.7 Å². The normalized spacial score (nSPS) is 9.69. The lowest BCUT2D eigenvalue weighted by molar-refractivity contribution is 0.340. The Labute approximate surface area is 80.0 Å². The molecular formula is C12H15O. The van der Waals surface area contributed by atoms with Gasteiger partial charge in [0.25, 0.3) is 0 Å². The highest BCUT2D eigenvalue weighted by molar-refractivity contribution is 5.38. The molecule has 0 N–H and O–H groups in total. The molecule has 1 aromatic rings. The minimum atomic E-state index is 0.696. The van der Waals surface area contributed by atoms with Crippen LogP contribution in [0.25, 0.3) is 0 Å². The molecule has 0 aliphatic carbocycles. The van der Waals surface area contributed by atoms with Gasteiger partial charge in [-0.05, 0) is 42.7 Å². The maximum Gasteiger partial charge on any atom is 0.119 e. The second-order valence-corrected chi connectivity index (χ2v) is 2.78. The van der Waals surface area contributed by atoms with Crippen LogP contribution in [0.1, 0.15) is 25.0 Å². The zero-order valence-corrected chi connectivity index (χ0v) is 8.26. The lowest BCUT2D eigenvalue weighted by Crippen LogP contribution is -1.94. The van der Waals surface area contributed by atoms with Gasteiger partial charge >= 0.3 is 0 Å². The van der Waals surface area contributed by atoms with E-state index in [1.807, 2.05) is 19.1 Å². The van der Waals surface area contributed by atoms with Gasteiger partial charge in [0.2, 0.25) is 0 Å². The molecule has 13 heavy (non-hydrogen) atoms. The van der Waals surface area contributed by atoms with Gasteiger partial charge in [0, 0.05) is 0 Å². The minimum Gasteiger partial charge on any atom is -0.494 e. The van der Waals surface area contributed by atoms with Crippen LogP contribution in [0.5, 0.6) is 5.75 Å². The Morgan fingerprint density at radius 2 is 2.15 bits per heavy atom. The Hall–Kier alpha value is -1.24. The predicted octanol–water partition coefficient (Wildman–Crippen LogP) is 2.98. The summed E-state index contributed by atoms with van der Waals surface area (Å²) in [4.78, 5) is 0. The van der Waals surface area contributed by atoms with E-state index in [9.17, 15) is 0 Å². The fourth-order valence-electron chi connectivity index (χ4n) is 1.28. The highest BCUT2D eigenvalue weighted by Crippen LogP contribution is 2.18. The molecule has 1 nitrogen and oxygen atoms in total. The van der Waals surface area contributed by atoms with E-state index >= 15 is 0 Å². The summed E-state index contributed by atoms with van der Waals surface area (Å²) >= 11 is 0. The average molecular weight is 175 g/mol. The first kappa shape index (κ1) is 9.85. The second-order valence-electron chi connectivity index (χ2n) is 2.78. The van der Waals surface area contributed by atoms with Gasteiger partial charge in [-0.25, -0.2) is 0 Å². The van der Waals surface area contributed by atoms with Gasteiger partial charge in [-0.1, -0.05) is 19.6 Å². The zero-order valence-electron chi connectivity index (χ0n) is 8.26. The molecule has 0 atom stereocenters. The largest absolute Gasteiger partial charge is 0.494 e. The van der Waals surface area contributed by atoms with Crippen LogP contribution in [-0.2, 0) is 6.42 Å². The lowest BCUT2D eigenvalue weighted by atomic mass is 10.1. The summed E-state index contributed by atoms with van der Waals surface area (Å²) in [6, 6.07) is 6.04. The van der Waals surface area contributed by atoms with E-state index in [-0.39, 0.29) is 0 Å². The molecular weight excluding hydrogens is 160 g/mol. The Morgan fingerprint density at radius 3 is 2.69 bits per heavy atom. The van der Waals surface area contributed by atoms with Gasteiger partial charge in [-0.3, -0.25) is 0 Å². The minimum absolute atomic E-state index is 0.696. The summed E-state index contributed by atoms with van der Waals surface area (Å²) < 4.78 is 5.38. The third-order valence-electron chi connectivity index (χ3n) is 1.96. The SMILES string of the molecule is C=[C]c1cc(OCC)ccc1CC. The number of hydrogen-bond donors (Lipinski definition) is 0. The fraction of sp³-hybridized carbons (Fsp3) is 0.333. The maximum atomic E-state index is 5.38. The molecule has 0 saturated carbocycles. The highest BCUT2D eigenvalue weighted by atomic mass is 16.5. The van der Waals surface area contributed by atoms with Crippen molar-refractivity contribution in [2.24, 2.45) is 0 Å². The Kier molecular flexibility index (Phi) is 3.56. The molecule has 1 aromatic carbocycles. The maximum absolute atomic E-state index is 5.38.